The van der Waals surface area contributed by atoms with E-state index in [0.717, 1.165) is 32.9 Å². The van der Waals surface area contributed by atoms with Gasteiger partial charge in [0.2, 0.25) is 0 Å². The van der Waals surface area contributed by atoms with Crippen molar-refractivity contribution < 1.29 is 187 Å². The first-order valence-corrected chi connectivity index (χ1v) is 30.9. The van der Waals surface area contributed by atoms with Gasteiger partial charge in [0.05, 0.1) is 11.0 Å². The van der Waals surface area contributed by atoms with Gasteiger partial charge in [-0.2, -0.15) is 0 Å². The molecule has 0 aliphatic rings. The smallest absolute Gasteiger partial charge is 1.00 e. The second kappa shape index (κ2) is 39.1. The number of carboxylic acids is 1. The van der Waals surface area contributed by atoms with E-state index in [4.69, 9.17) is 29.4 Å². The average Bonchev–Trinajstić information content (AvgIpc) is 1.66. The van der Waals surface area contributed by atoms with Crippen LogP contribution in [0.5, 0.6) is 11.5 Å². The molecule has 0 spiro atoms. The number of fused-ring (bicyclic) bond motifs is 5. The number of aromatic nitrogens is 5. The molecule has 22 nitrogen and oxygen atoms in total. The summed E-state index contributed by atoms with van der Waals surface area (Å²) < 4.78 is 20.4. The van der Waals surface area contributed by atoms with E-state index in [1.54, 1.807) is 67.6 Å². The Morgan fingerprint density at radius 3 is 1.22 bits per heavy atom. The predicted octanol–water partition coefficient (Wildman–Crippen LogP) is 7.45. The Labute approximate surface area is 658 Å². The number of nitrogens with one attached hydrogen (secondary N) is 2. The van der Waals surface area contributed by atoms with Crippen LogP contribution in [-0.4, -0.2) is 115 Å². The van der Waals surface area contributed by atoms with E-state index >= 15 is 0 Å². The van der Waals surface area contributed by atoms with E-state index in [1.807, 2.05) is 98.0 Å². The Bertz CT molecular complexity index is 4280. The fourth-order valence-corrected chi connectivity index (χ4v) is 9.54. The van der Waals surface area contributed by atoms with Crippen LogP contribution in [0.3, 0.4) is 0 Å². The van der Waals surface area contributed by atoms with Crippen LogP contribution in [0.25, 0.3) is 54.5 Å². The van der Waals surface area contributed by atoms with Crippen molar-refractivity contribution in [1.29, 1.82) is 0 Å². The van der Waals surface area contributed by atoms with Gasteiger partial charge >= 0.3 is 127 Å². The van der Waals surface area contributed by atoms with E-state index < -0.39 is 23.1 Å². The largest absolute Gasteiger partial charge is 1.00 e. The van der Waals surface area contributed by atoms with Gasteiger partial charge in [-0.3, -0.25) is 43.2 Å². The number of rotatable bonds is 12. The number of phenolic OH excluding ortho intramolecular Hbond substituents is 2. The van der Waals surface area contributed by atoms with Crippen molar-refractivity contribution in [2.24, 2.45) is 0 Å². The normalized spacial score (nSPS) is 10.7. The van der Waals surface area contributed by atoms with Crippen LogP contribution in [0.4, 0.5) is 0 Å². The fraction of sp³-hybridized carbons (Fsp3) is 0.319. The van der Waals surface area contributed by atoms with Gasteiger partial charge in [0.25, 0.3) is 6.47 Å². The number of ketones is 4. The maximum absolute atomic E-state index is 12.0. The molecule has 5 aromatic heterocycles. The SMILES string of the molecule is CC(=O)c1c[nH]c2cc(C)ccc12.CC(=O)c1cn(CC(=O)O)c2cc(O)ccc12.CC(=O)c1cn(CC(=O)OC(C)(C)C)c2cc(C)ccc12.CC(=O)c1cn(CC(=O)OC(C)(C)C)c2cc(O)ccc12.CC(C)(C)OC(=O)CBr.Cc1ccc2cc[nH]c2c1.O=CO[O-].[H-].[K+].[K+]. The van der Waals surface area contributed by atoms with Crippen LogP contribution in [0, 0.1) is 20.8 Å². The number of ether oxygens (including phenoxy) is 3. The van der Waals surface area contributed by atoms with Crippen molar-refractivity contribution in [3.05, 3.63) is 167 Å². The Morgan fingerprint density at radius 2 is 0.845 bits per heavy atom. The monoisotopic (exact) mass is 1450 g/mol. The van der Waals surface area contributed by atoms with Crippen molar-refractivity contribution in [3.63, 3.8) is 0 Å². The number of alkyl halides is 1. The molecule has 0 radical (unpaired) electrons. The minimum Gasteiger partial charge on any atom is -1.00 e. The van der Waals surface area contributed by atoms with Gasteiger partial charge in [0, 0.05) is 103 Å². The van der Waals surface area contributed by atoms with Gasteiger partial charge in [0.1, 0.15) is 53.3 Å². The number of aliphatic carboxylic acids is 1. The summed E-state index contributed by atoms with van der Waals surface area (Å²) in [6, 6.07) is 29.6. The quantitative estimate of drug-likeness (QED) is 0.0116. The number of aryl methyl sites for hydroxylation is 3. The molecular formula is C72H84BrK2N5O17. The van der Waals surface area contributed by atoms with Gasteiger partial charge in [-0.1, -0.05) is 52.3 Å². The van der Waals surface area contributed by atoms with E-state index in [-0.39, 0.29) is 188 Å². The molecule has 0 fully saturated rings. The first kappa shape index (κ1) is 86.2. The first-order valence-electron chi connectivity index (χ1n) is 29.8. The van der Waals surface area contributed by atoms with Crippen molar-refractivity contribution in [2.45, 2.75) is 147 Å². The summed E-state index contributed by atoms with van der Waals surface area (Å²) in [6.45, 7) is 28.2. The molecule has 0 amide bonds. The average molecular weight is 1450 g/mol. The molecule has 0 bridgehead atoms. The molecule has 0 saturated heterocycles. The number of hydrogen-bond acceptors (Lipinski definition) is 16. The number of benzene rings is 5. The number of H-pyrrole nitrogens is 2. The van der Waals surface area contributed by atoms with Crippen LogP contribution in [0.15, 0.2) is 128 Å². The molecule has 508 valence electrons. The van der Waals surface area contributed by atoms with Crippen molar-refractivity contribution in [2.75, 3.05) is 5.33 Å². The standard InChI is InChI=1S/C17H21NO3.C16H19NO4.C12H11NO4.C11H11NO.C9H9N.C6H11BrO2.CH2O3.2K.H/c1-11-6-7-13-14(12(2)19)9-18(15(13)8-11)10-16(20)21-17(3,4)5;1-10(18)13-8-17(9-15(20)21-16(2,3)4)14-7-11(19)5-6-12(13)14;1-7(14)10-5-13(6-12(16)17)11-4-8(15)2-3-9(10)11;1-7-3-4-9-10(8(2)13)6-12-11(9)5-7;1-7-2-3-8-4-5-10-9(8)6-7;1-6(2,3)9-5(8)4-7;2-1-4-3;;;/h6-9H,10H2,1-5H3;5-8,19H,9H2,1-4H3;2-5,15H,6H2,1H3,(H,16,17);3-6,12H,1-2H3;2-6,10H,1H3;4H2,1-3H3;1,3H;;;/q;;;;;;;2*+1;-1/p-1. The number of phenols is 2. The molecule has 25 heteroatoms. The number of esters is 3. The Morgan fingerprint density at radius 1 is 0.495 bits per heavy atom. The molecule has 0 saturated carbocycles. The Kier molecular flexibility index (Phi) is 34.7. The van der Waals surface area contributed by atoms with Gasteiger partial charge in [-0.15, -0.1) is 0 Å². The van der Waals surface area contributed by atoms with Crippen molar-refractivity contribution in [3.8, 4) is 11.5 Å². The fourth-order valence-electron chi connectivity index (χ4n) is 9.43. The van der Waals surface area contributed by atoms with Crippen LogP contribution < -0.4 is 108 Å². The second-order valence-corrected chi connectivity index (χ2v) is 25.5. The molecule has 10 rings (SSSR count). The second-order valence-electron chi connectivity index (χ2n) is 25.0. The molecule has 5 heterocycles. The number of carbonyl (C=O) groups excluding carboxylic acids is 8. The van der Waals surface area contributed by atoms with E-state index in [1.165, 1.54) is 77.8 Å². The number of Topliss-reactive ketones (excluding diaryl/α,β-unsaturated/α-hetero) is 4. The minimum absolute atomic E-state index is 0. The maximum Gasteiger partial charge on any atom is 1.00 e. The van der Waals surface area contributed by atoms with Crippen LogP contribution in [0.2, 0.25) is 0 Å². The van der Waals surface area contributed by atoms with Gasteiger partial charge in [-0.25, -0.2) is 0 Å². The third-order valence-corrected chi connectivity index (χ3v) is 13.6. The number of carboxylic acid groups (broad SMARTS) is 1. The molecule has 10 aromatic rings. The summed E-state index contributed by atoms with van der Waals surface area (Å²) in [7, 11) is 0. The summed E-state index contributed by atoms with van der Waals surface area (Å²) in [5.74, 6) is -1.92. The number of aromatic hydroxyl groups is 2. The predicted molar refractivity (Wildman–Crippen MR) is 367 cm³/mol. The third-order valence-electron chi connectivity index (χ3n) is 13.1. The molecule has 0 aliphatic carbocycles. The summed E-state index contributed by atoms with van der Waals surface area (Å²) in [5.41, 5.74) is 8.84. The zero-order valence-corrected chi connectivity index (χ0v) is 66.1. The maximum atomic E-state index is 12.0. The number of aromatic amines is 2. The van der Waals surface area contributed by atoms with E-state index in [2.05, 4.69) is 62.0 Å². The zero-order valence-electron chi connectivity index (χ0n) is 59.3. The third kappa shape index (κ3) is 28.1. The topological polar surface area (TPSA) is 321 Å². The molecule has 97 heavy (non-hydrogen) atoms. The summed E-state index contributed by atoms with van der Waals surface area (Å²) >= 11 is 2.99. The summed E-state index contributed by atoms with van der Waals surface area (Å²) in [4.78, 5) is 109. The summed E-state index contributed by atoms with van der Waals surface area (Å²) in [5, 5.41) is 41.0. The van der Waals surface area contributed by atoms with Gasteiger partial charge < -0.3 is 64.8 Å². The van der Waals surface area contributed by atoms with Crippen molar-refractivity contribution >= 4 is 124 Å². The number of nitrogens with zero attached hydrogens (tertiary/aromatic N) is 3. The van der Waals surface area contributed by atoms with E-state index in [9.17, 15) is 48.6 Å². The molecule has 0 atom stereocenters. The van der Waals surface area contributed by atoms with Crippen LogP contribution >= 0.6 is 15.9 Å². The molecule has 5 aromatic carbocycles. The van der Waals surface area contributed by atoms with Crippen LogP contribution in [-0.2, 0) is 62.7 Å². The van der Waals surface area contributed by atoms with Crippen LogP contribution in [0.1, 0.15) is 150 Å². The molecule has 0 unspecified atom stereocenters. The van der Waals surface area contributed by atoms with Gasteiger partial charge in [0.15, 0.2) is 23.1 Å². The Balaban J connectivity index is 0.000000591. The molecule has 5 N–H and O–H groups in total. The number of carbonyl (C=O) groups is 9. The minimum atomic E-state index is -1.000. The number of hydrogen-bond donors (Lipinski definition) is 5. The molecule has 0 aliphatic heterocycles. The first-order chi connectivity index (χ1) is 44.2. The zero-order chi connectivity index (χ0) is 71.4. The van der Waals surface area contributed by atoms with Gasteiger partial charge in [-0.05, 0) is 181 Å². The van der Waals surface area contributed by atoms with E-state index in [0.29, 0.717) is 38.5 Å². The molecular weight excluding hydrogens is 1360 g/mol. The summed E-state index contributed by atoms with van der Waals surface area (Å²) in [6.07, 6.45) is 8.59. The number of halogens is 1. The van der Waals surface area contributed by atoms with Crippen molar-refractivity contribution in [1.82, 2.24) is 23.7 Å². The Hall–Kier alpha value is -6.86.